The van der Waals surface area contributed by atoms with Gasteiger partial charge in [-0.2, -0.15) is 0 Å². The molecule has 3 rings (SSSR count). The van der Waals surface area contributed by atoms with Crippen LogP contribution >= 0.6 is 11.8 Å². The Bertz CT molecular complexity index is 804. The first-order valence-corrected chi connectivity index (χ1v) is 8.57. The summed E-state index contributed by atoms with van der Waals surface area (Å²) >= 11 is 1.80. The van der Waals surface area contributed by atoms with E-state index in [0.717, 1.165) is 17.7 Å². The highest BCUT2D eigenvalue weighted by Crippen LogP contribution is 2.35. The van der Waals surface area contributed by atoms with E-state index in [9.17, 15) is 14.9 Å². The largest absolute Gasteiger partial charge is 0.346 e. The van der Waals surface area contributed by atoms with Crippen LogP contribution in [0.1, 0.15) is 23.6 Å². The number of hydrogen-bond donors (Lipinski definition) is 1. The van der Waals surface area contributed by atoms with E-state index in [4.69, 9.17) is 0 Å². The zero-order chi connectivity index (χ0) is 16.9. The monoisotopic (exact) mass is 340 g/mol. The van der Waals surface area contributed by atoms with Crippen molar-refractivity contribution < 1.29 is 9.72 Å². The summed E-state index contributed by atoms with van der Waals surface area (Å²) in [6, 6.07) is 14.3. The van der Waals surface area contributed by atoms with E-state index in [2.05, 4.69) is 11.4 Å². The van der Waals surface area contributed by atoms with E-state index in [1.807, 2.05) is 18.2 Å². The Morgan fingerprint density at radius 3 is 2.92 bits per heavy atom. The van der Waals surface area contributed by atoms with Crippen LogP contribution in [0.25, 0.3) is 6.08 Å². The lowest BCUT2D eigenvalue weighted by Crippen LogP contribution is -2.29. The molecule has 0 fully saturated rings. The van der Waals surface area contributed by atoms with Gasteiger partial charge in [-0.1, -0.05) is 30.3 Å². The molecule has 2 aromatic carbocycles. The second-order valence-electron chi connectivity index (χ2n) is 5.42. The van der Waals surface area contributed by atoms with Crippen molar-refractivity contribution in [3.63, 3.8) is 0 Å². The van der Waals surface area contributed by atoms with Crippen LogP contribution in [0.5, 0.6) is 0 Å². The number of nitrogens with zero attached hydrogens (tertiary/aromatic N) is 1. The lowest BCUT2D eigenvalue weighted by molar-refractivity contribution is -0.384. The molecule has 1 N–H and O–H groups in total. The molecule has 0 radical (unpaired) electrons. The van der Waals surface area contributed by atoms with Crippen molar-refractivity contribution in [1.29, 1.82) is 0 Å². The fourth-order valence-corrected chi connectivity index (χ4v) is 3.75. The molecule has 0 saturated heterocycles. The molecule has 2 aromatic rings. The van der Waals surface area contributed by atoms with Gasteiger partial charge in [0.05, 0.1) is 11.0 Å². The third kappa shape index (κ3) is 3.83. The summed E-state index contributed by atoms with van der Waals surface area (Å²) in [6.07, 6.45) is 3.90. The molecule has 1 aliphatic rings. The second kappa shape index (κ2) is 7.31. The van der Waals surface area contributed by atoms with Gasteiger partial charge in [0.25, 0.3) is 5.69 Å². The quantitative estimate of drug-likeness (QED) is 0.519. The Labute approximate surface area is 143 Å². The molecule has 24 heavy (non-hydrogen) atoms. The number of rotatable bonds is 4. The zero-order valence-corrected chi connectivity index (χ0v) is 13.7. The number of nitrogens with one attached hydrogen (secondary N) is 1. The van der Waals surface area contributed by atoms with Crippen molar-refractivity contribution in [3.05, 3.63) is 75.8 Å². The van der Waals surface area contributed by atoms with Gasteiger partial charge in [0.2, 0.25) is 5.91 Å². The fraction of sp³-hybridized carbons (Fsp3) is 0.167. The van der Waals surface area contributed by atoms with E-state index >= 15 is 0 Å². The van der Waals surface area contributed by atoms with E-state index in [-0.39, 0.29) is 17.6 Å². The van der Waals surface area contributed by atoms with Gasteiger partial charge >= 0.3 is 0 Å². The summed E-state index contributed by atoms with van der Waals surface area (Å²) in [5.74, 6) is 0.768. The standard InChI is InChI=1S/C18H16N2O3S/c21-18(9-8-13-4-3-5-14(12-13)20(22)23)19-16-10-11-24-17-7-2-1-6-15(16)17/h1-9,12,16H,10-11H2,(H,19,21)/b9-8+/t16-/m1/s1. The molecule has 1 heterocycles. The average Bonchev–Trinajstić information content (AvgIpc) is 2.60. The number of amides is 1. The first-order valence-electron chi connectivity index (χ1n) is 7.58. The molecule has 1 amide bonds. The van der Waals surface area contributed by atoms with Gasteiger partial charge in [-0.25, -0.2) is 0 Å². The topological polar surface area (TPSA) is 72.2 Å². The molecular formula is C18H16N2O3S. The maximum absolute atomic E-state index is 12.2. The number of benzene rings is 2. The van der Waals surface area contributed by atoms with Crippen molar-refractivity contribution >= 4 is 29.4 Å². The molecule has 122 valence electrons. The van der Waals surface area contributed by atoms with Crippen LogP contribution in [-0.4, -0.2) is 16.6 Å². The van der Waals surface area contributed by atoms with Crippen LogP contribution in [0, 0.1) is 10.1 Å². The highest BCUT2D eigenvalue weighted by atomic mass is 32.2. The Hall–Kier alpha value is -2.60. The molecule has 6 heteroatoms. The third-order valence-electron chi connectivity index (χ3n) is 3.78. The van der Waals surface area contributed by atoms with Crippen molar-refractivity contribution in [2.24, 2.45) is 0 Å². The fourth-order valence-electron chi connectivity index (χ4n) is 2.63. The number of carbonyl (C=O) groups excluding carboxylic acids is 1. The molecule has 1 atom stereocenters. The van der Waals surface area contributed by atoms with Crippen LogP contribution in [0.4, 0.5) is 5.69 Å². The lowest BCUT2D eigenvalue weighted by Gasteiger charge is -2.25. The summed E-state index contributed by atoms with van der Waals surface area (Å²) < 4.78 is 0. The minimum absolute atomic E-state index is 0.00436. The first-order chi connectivity index (χ1) is 11.6. The predicted octanol–water partition coefficient (Wildman–Crippen LogP) is 3.96. The number of non-ortho nitro benzene ring substituents is 1. The van der Waals surface area contributed by atoms with Gasteiger partial charge in [0.15, 0.2) is 0 Å². The molecule has 0 unspecified atom stereocenters. The number of thioether (sulfide) groups is 1. The molecule has 0 saturated carbocycles. The summed E-state index contributed by atoms with van der Waals surface area (Å²) in [4.78, 5) is 23.7. The summed E-state index contributed by atoms with van der Waals surface area (Å²) in [5.41, 5.74) is 1.78. The normalized spacial score (nSPS) is 16.6. The van der Waals surface area contributed by atoms with E-state index in [0.29, 0.717) is 5.56 Å². The Balaban J connectivity index is 1.68. The first kappa shape index (κ1) is 16.3. The van der Waals surface area contributed by atoms with Gasteiger partial charge in [-0.3, -0.25) is 14.9 Å². The van der Waals surface area contributed by atoms with Crippen LogP contribution < -0.4 is 5.32 Å². The van der Waals surface area contributed by atoms with Crippen LogP contribution in [0.15, 0.2) is 59.5 Å². The minimum Gasteiger partial charge on any atom is -0.346 e. The van der Waals surface area contributed by atoms with Gasteiger partial charge in [0.1, 0.15) is 0 Å². The lowest BCUT2D eigenvalue weighted by atomic mass is 10.0. The highest BCUT2D eigenvalue weighted by molar-refractivity contribution is 7.99. The SMILES string of the molecule is O=C(/C=C/c1cccc([N+](=O)[O-])c1)N[C@@H]1CCSc2ccccc21. The van der Waals surface area contributed by atoms with Gasteiger partial charge in [0, 0.05) is 28.9 Å². The molecule has 0 aromatic heterocycles. The number of nitro groups is 1. The second-order valence-corrected chi connectivity index (χ2v) is 6.56. The van der Waals surface area contributed by atoms with Crippen LogP contribution in [0.3, 0.4) is 0 Å². The minimum atomic E-state index is -0.450. The third-order valence-corrected chi connectivity index (χ3v) is 4.91. The molecule has 0 spiro atoms. The van der Waals surface area contributed by atoms with Crippen LogP contribution in [-0.2, 0) is 4.79 Å². The number of fused-ring (bicyclic) bond motifs is 1. The molecule has 1 aliphatic heterocycles. The summed E-state index contributed by atoms with van der Waals surface area (Å²) in [5, 5.41) is 13.8. The van der Waals surface area contributed by atoms with Gasteiger partial charge in [-0.15, -0.1) is 11.8 Å². The number of carbonyl (C=O) groups is 1. The molecule has 0 bridgehead atoms. The van der Waals surface area contributed by atoms with Crippen LogP contribution in [0.2, 0.25) is 0 Å². The van der Waals surface area contributed by atoms with Crippen molar-refractivity contribution in [1.82, 2.24) is 5.32 Å². The molecular weight excluding hydrogens is 324 g/mol. The van der Waals surface area contributed by atoms with Crippen molar-refractivity contribution in [2.75, 3.05) is 5.75 Å². The Morgan fingerprint density at radius 1 is 1.25 bits per heavy atom. The molecule has 0 aliphatic carbocycles. The van der Waals surface area contributed by atoms with E-state index < -0.39 is 4.92 Å². The van der Waals surface area contributed by atoms with Crippen molar-refractivity contribution in [2.45, 2.75) is 17.4 Å². The smallest absolute Gasteiger partial charge is 0.270 e. The maximum Gasteiger partial charge on any atom is 0.270 e. The molecule has 5 nitrogen and oxygen atoms in total. The zero-order valence-electron chi connectivity index (χ0n) is 12.8. The summed E-state index contributed by atoms with van der Waals surface area (Å²) in [7, 11) is 0. The Morgan fingerprint density at radius 2 is 2.08 bits per heavy atom. The van der Waals surface area contributed by atoms with E-state index in [1.165, 1.54) is 23.1 Å². The average molecular weight is 340 g/mol. The van der Waals surface area contributed by atoms with Crippen molar-refractivity contribution in [3.8, 4) is 0 Å². The highest BCUT2D eigenvalue weighted by Gasteiger charge is 2.20. The summed E-state index contributed by atoms with van der Waals surface area (Å²) in [6.45, 7) is 0. The predicted molar refractivity (Wildman–Crippen MR) is 94.8 cm³/mol. The number of nitro benzene ring substituents is 1. The van der Waals surface area contributed by atoms with E-state index in [1.54, 1.807) is 30.0 Å². The number of hydrogen-bond acceptors (Lipinski definition) is 4. The maximum atomic E-state index is 12.2. The Kier molecular flexibility index (Phi) is 4.96. The van der Waals surface area contributed by atoms with Gasteiger partial charge in [-0.05, 0) is 29.7 Å². The van der Waals surface area contributed by atoms with Gasteiger partial charge < -0.3 is 5.32 Å².